The van der Waals surface area contributed by atoms with Crippen LogP contribution in [-0.2, 0) is 28.1 Å². The summed E-state index contributed by atoms with van der Waals surface area (Å²) < 4.78 is 11.2. The molecule has 0 bridgehead atoms. The van der Waals surface area contributed by atoms with E-state index >= 15 is 0 Å². The van der Waals surface area contributed by atoms with Crippen LogP contribution in [0.2, 0.25) is 0 Å². The lowest BCUT2D eigenvalue weighted by Crippen LogP contribution is -2.36. The molecule has 0 spiro atoms. The number of nitrogens with one attached hydrogen (secondary N) is 2. The molecule has 6 nitrogen and oxygen atoms in total. The monoisotopic (exact) mass is 449 g/mol. The average Bonchev–Trinajstić information content (AvgIpc) is 3.24. The number of esters is 1. The molecule has 2 atom stereocenters. The van der Waals surface area contributed by atoms with E-state index in [2.05, 4.69) is 60.6 Å². The van der Waals surface area contributed by atoms with E-state index in [0.717, 1.165) is 53.6 Å². The highest BCUT2D eigenvalue weighted by molar-refractivity contribution is 5.87. The van der Waals surface area contributed by atoms with E-state index in [1.165, 1.54) is 12.7 Å². The number of ether oxygens (including phenoxy) is 2. The van der Waals surface area contributed by atoms with Crippen molar-refractivity contribution in [2.24, 2.45) is 5.92 Å². The number of aromatic nitrogens is 2. The Morgan fingerprint density at radius 2 is 1.94 bits per heavy atom. The van der Waals surface area contributed by atoms with Gasteiger partial charge in [0.1, 0.15) is 12.4 Å². The number of fused-ring (bicyclic) bond motifs is 1. The van der Waals surface area contributed by atoms with Gasteiger partial charge in [-0.1, -0.05) is 57.5 Å². The van der Waals surface area contributed by atoms with Gasteiger partial charge < -0.3 is 14.8 Å². The number of hydrogen-bond acceptors (Lipinski definition) is 5. The largest absolute Gasteiger partial charge is 0.488 e. The minimum absolute atomic E-state index is 0.0108. The summed E-state index contributed by atoms with van der Waals surface area (Å²) in [7, 11) is 1.47. The molecular formula is C27H35N3O3. The summed E-state index contributed by atoms with van der Waals surface area (Å²) >= 11 is 0. The summed E-state index contributed by atoms with van der Waals surface area (Å²) in [5.74, 6) is 0.720. The van der Waals surface area contributed by atoms with Crippen molar-refractivity contribution in [1.29, 1.82) is 0 Å². The second-order valence-electron chi connectivity index (χ2n) is 10.1. The van der Waals surface area contributed by atoms with Gasteiger partial charge in [-0.15, -0.1) is 0 Å². The van der Waals surface area contributed by atoms with Crippen molar-refractivity contribution in [1.82, 2.24) is 15.5 Å². The van der Waals surface area contributed by atoms with Gasteiger partial charge in [-0.25, -0.2) is 0 Å². The zero-order valence-corrected chi connectivity index (χ0v) is 20.1. The quantitative estimate of drug-likeness (QED) is 0.481. The van der Waals surface area contributed by atoms with Crippen LogP contribution in [0, 0.1) is 5.92 Å². The number of H-pyrrole nitrogens is 1. The van der Waals surface area contributed by atoms with E-state index < -0.39 is 0 Å². The third-order valence-corrected chi connectivity index (χ3v) is 6.61. The molecule has 2 N–H and O–H groups in total. The first-order chi connectivity index (χ1) is 15.8. The molecule has 0 amide bonds. The van der Waals surface area contributed by atoms with Crippen LogP contribution in [0.4, 0.5) is 0 Å². The van der Waals surface area contributed by atoms with Crippen LogP contribution in [-0.4, -0.2) is 29.3 Å². The normalized spacial score (nSPS) is 18.9. The Morgan fingerprint density at radius 1 is 1.15 bits per heavy atom. The summed E-state index contributed by atoms with van der Waals surface area (Å²) in [4.78, 5) is 11.9. The van der Waals surface area contributed by atoms with Crippen LogP contribution >= 0.6 is 0 Å². The highest BCUT2D eigenvalue weighted by atomic mass is 16.5. The molecule has 1 aliphatic carbocycles. The van der Waals surface area contributed by atoms with Crippen molar-refractivity contribution in [3.8, 4) is 5.75 Å². The molecule has 2 aromatic carbocycles. The first-order valence-corrected chi connectivity index (χ1v) is 11.8. The zero-order chi connectivity index (χ0) is 23.4. The Labute approximate surface area is 196 Å². The van der Waals surface area contributed by atoms with E-state index in [4.69, 9.17) is 9.47 Å². The van der Waals surface area contributed by atoms with E-state index in [-0.39, 0.29) is 23.3 Å². The predicted octanol–water partition coefficient (Wildman–Crippen LogP) is 5.26. The maximum absolute atomic E-state index is 11.9. The zero-order valence-electron chi connectivity index (χ0n) is 20.1. The Morgan fingerprint density at radius 3 is 2.67 bits per heavy atom. The molecule has 1 aromatic heterocycles. The fraction of sp³-hybridized carbons (Fsp3) is 0.481. The van der Waals surface area contributed by atoms with Crippen LogP contribution in [0.15, 0.2) is 42.5 Å². The smallest absolute Gasteiger partial charge is 0.308 e. The maximum atomic E-state index is 11.9. The molecule has 4 rings (SSSR count). The third kappa shape index (κ3) is 5.56. The Balaban J connectivity index is 1.43. The highest BCUT2D eigenvalue weighted by Gasteiger charge is 2.28. The molecule has 6 heteroatoms. The van der Waals surface area contributed by atoms with E-state index in [1.807, 2.05) is 18.2 Å². The number of benzene rings is 2. The van der Waals surface area contributed by atoms with Crippen LogP contribution in [0.1, 0.15) is 63.3 Å². The minimum Gasteiger partial charge on any atom is -0.488 e. The number of rotatable bonds is 7. The fourth-order valence-electron chi connectivity index (χ4n) is 4.61. The summed E-state index contributed by atoms with van der Waals surface area (Å²) in [6, 6.07) is 14.9. The minimum atomic E-state index is -0.0975. The van der Waals surface area contributed by atoms with Crippen LogP contribution in [0.25, 0.3) is 10.9 Å². The van der Waals surface area contributed by atoms with Crippen LogP contribution in [0.3, 0.4) is 0 Å². The molecule has 3 aromatic rings. The van der Waals surface area contributed by atoms with Gasteiger partial charge in [0.15, 0.2) is 0 Å². The number of carbonyl (C=O) groups is 1. The third-order valence-electron chi connectivity index (χ3n) is 6.61. The van der Waals surface area contributed by atoms with Crippen molar-refractivity contribution in [2.75, 3.05) is 7.11 Å². The molecule has 1 fully saturated rings. The lowest BCUT2D eigenvalue weighted by Gasteiger charge is -2.28. The van der Waals surface area contributed by atoms with Gasteiger partial charge in [0.05, 0.1) is 29.6 Å². The molecular weight excluding hydrogens is 414 g/mol. The molecule has 33 heavy (non-hydrogen) atoms. The number of aromatic amines is 1. The van der Waals surface area contributed by atoms with E-state index in [1.54, 1.807) is 0 Å². The summed E-state index contributed by atoms with van der Waals surface area (Å²) in [5, 5.41) is 12.3. The van der Waals surface area contributed by atoms with Gasteiger partial charge in [0, 0.05) is 12.6 Å². The van der Waals surface area contributed by atoms with Gasteiger partial charge in [0.25, 0.3) is 0 Å². The second-order valence-corrected chi connectivity index (χ2v) is 10.1. The molecule has 1 saturated carbocycles. The number of carbonyl (C=O) groups excluding carboxylic acids is 1. The molecule has 1 heterocycles. The van der Waals surface area contributed by atoms with Gasteiger partial charge in [-0.05, 0) is 47.9 Å². The summed E-state index contributed by atoms with van der Waals surface area (Å²) in [5.41, 5.74) is 4.49. The van der Waals surface area contributed by atoms with Gasteiger partial charge in [0.2, 0.25) is 0 Å². The van der Waals surface area contributed by atoms with E-state index in [0.29, 0.717) is 13.2 Å². The lowest BCUT2D eigenvalue weighted by molar-refractivity contribution is -0.146. The van der Waals surface area contributed by atoms with Crippen LogP contribution in [0.5, 0.6) is 5.75 Å². The number of methoxy groups -OCH3 is 1. The van der Waals surface area contributed by atoms with Gasteiger partial charge in [-0.3, -0.25) is 9.89 Å². The standard InChI is InChI=1S/C27H35N3O3/c1-27(2,3)20-13-11-18(12-14-20)17-33-24-10-6-9-22-25(24)23(30-29-22)16-28-21-8-5-7-19(15-21)26(31)32-4/h6,9-14,19,21,28H,5,7-8,15-17H2,1-4H3,(H,29,30). The van der Waals surface area contributed by atoms with Gasteiger partial charge in [-0.2, -0.15) is 5.10 Å². The topological polar surface area (TPSA) is 76.2 Å². The Bertz CT molecular complexity index is 1080. The maximum Gasteiger partial charge on any atom is 0.308 e. The molecule has 0 aliphatic heterocycles. The second kappa shape index (κ2) is 9.96. The summed E-state index contributed by atoms with van der Waals surface area (Å²) in [6.45, 7) is 7.81. The van der Waals surface area contributed by atoms with E-state index in [9.17, 15) is 4.79 Å². The van der Waals surface area contributed by atoms with Crippen LogP contribution < -0.4 is 10.1 Å². The number of hydrogen-bond donors (Lipinski definition) is 2. The van der Waals surface area contributed by atoms with Crippen molar-refractivity contribution in [2.45, 2.75) is 71.1 Å². The van der Waals surface area contributed by atoms with Crippen molar-refractivity contribution in [3.05, 3.63) is 59.3 Å². The van der Waals surface area contributed by atoms with Crippen molar-refractivity contribution < 1.29 is 14.3 Å². The van der Waals surface area contributed by atoms with Crippen molar-refractivity contribution in [3.63, 3.8) is 0 Å². The fourth-order valence-corrected chi connectivity index (χ4v) is 4.61. The first-order valence-electron chi connectivity index (χ1n) is 11.8. The lowest BCUT2D eigenvalue weighted by atomic mass is 9.85. The Kier molecular flexibility index (Phi) is 7.03. The molecule has 0 saturated heterocycles. The predicted molar refractivity (Wildman–Crippen MR) is 130 cm³/mol. The highest BCUT2D eigenvalue weighted by Crippen LogP contribution is 2.30. The average molecular weight is 450 g/mol. The molecule has 2 unspecified atom stereocenters. The molecule has 0 radical (unpaired) electrons. The SMILES string of the molecule is COC(=O)C1CCCC(NCc2[nH]nc3cccc(OCc4ccc(C(C)(C)C)cc4)c23)C1. The number of nitrogens with zero attached hydrogens (tertiary/aromatic N) is 1. The summed E-state index contributed by atoms with van der Waals surface area (Å²) in [6.07, 6.45) is 3.82. The van der Waals surface area contributed by atoms with Crippen molar-refractivity contribution >= 4 is 16.9 Å². The molecule has 1 aliphatic rings. The first kappa shape index (κ1) is 23.3. The molecule has 176 valence electrons. The van der Waals surface area contributed by atoms with Gasteiger partial charge >= 0.3 is 5.97 Å². The Hall–Kier alpha value is -2.86.